The number of benzene rings is 3. The van der Waals surface area contributed by atoms with Gasteiger partial charge in [0.25, 0.3) is 0 Å². The van der Waals surface area contributed by atoms with Crippen molar-refractivity contribution in [3.8, 4) is 28.7 Å². The van der Waals surface area contributed by atoms with Crippen LogP contribution in [0.25, 0.3) is 0 Å². The van der Waals surface area contributed by atoms with Crippen LogP contribution in [0.3, 0.4) is 0 Å². The van der Waals surface area contributed by atoms with Crippen LogP contribution in [0.2, 0.25) is 0 Å². The van der Waals surface area contributed by atoms with Gasteiger partial charge in [0.15, 0.2) is 0 Å². The number of ether oxygens (including phenoxy) is 6. The summed E-state index contributed by atoms with van der Waals surface area (Å²) in [6.45, 7) is 7.44. The number of hydrogen-bond donors (Lipinski definition) is 0. The molecule has 0 aliphatic rings. The van der Waals surface area contributed by atoms with Crippen LogP contribution in [0.1, 0.15) is 68.6 Å². The Bertz CT molecular complexity index is 1350. The maximum Gasteiger partial charge on any atom is 0.343 e. The SMILES string of the molecule is C=CC(=O)OCCCCCCOc1ccc(C(=O)Oc2ccc(OCOc3ccc(OCCCCCCOO/C=C/C)cc3)cc2)cc1. The van der Waals surface area contributed by atoms with Crippen molar-refractivity contribution in [2.75, 3.05) is 33.2 Å². The molecule has 3 aromatic rings. The summed E-state index contributed by atoms with van der Waals surface area (Å²) in [4.78, 5) is 33.4. The van der Waals surface area contributed by atoms with Gasteiger partial charge in [-0.2, -0.15) is 4.89 Å². The van der Waals surface area contributed by atoms with E-state index in [1.54, 1.807) is 54.6 Å². The van der Waals surface area contributed by atoms with Crippen LogP contribution in [0.4, 0.5) is 0 Å². The summed E-state index contributed by atoms with van der Waals surface area (Å²) in [5, 5.41) is 0. The predicted octanol–water partition coefficient (Wildman–Crippen LogP) is 8.41. The molecule has 48 heavy (non-hydrogen) atoms. The van der Waals surface area contributed by atoms with Crippen LogP contribution in [-0.2, 0) is 19.3 Å². The molecule has 3 rings (SSSR count). The lowest BCUT2D eigenvalue weighted by Gasteiger charge is -2.11. The minimum atomic E-state index is -0.472. The largest absolute Gasteiger partial charge is 0.494 e. The zero-order chi connectivity index (χ0) is 34.1. The smallest absolute Gasteiger partial charge is 0.343 e. The molecule has 0 aliphatic heterocycles. The highest BCUT2D eigenvalue weighted by molar-refractivity contribution is 5.91. The monoisotopic (exact) mass is 662 g/mol. The number of carbonyl (C=O) groups excluding carboxylic acids is 2. The summed E-state index contributed by atoms with van der Waals surface area (Å²) in [7, 11) is 0. The maximum atomic E-state index is 12.6. The van der Waals surface area contributed by atoms with Crippen LogP contribution in [0.15, 0.2) is 97.8 Å². The van der Waals surface area contributed by atoms with E-state index >= 15 is 0 Å². The third-order valence-electron chi connectivity index (χ3n) is 6.77. The topological polar surface area (TPSA) is 108 Å². The molecule has 0 heterocycles. The first-order chi connectivity index (χ1) is 23.6. The van der Waals surface area contributed by atoms with E-state index in [0.717, 1.165) is 63.2 Å². The quantitative estimate of drug-likeness (QED) is 0.0128. The van der Waals surface area contributed by atoms with Gasteiger partial charge >= 0.3 is 11.9 Å². The zero-order valence-electron chi connectivity index (χ0n) is 27.6. The molecule has 0 aromatic heterocycles. The van der Waals surface area contributed by atoms with Crippen molar-refractivity contribution in [3.63, 3.8) is 0 Å². The van der Waals surface area contributed by atoms with Crippen molar-refractivity contribution in [1.82, 2.24) is 0 Å². The summed E-state index contributed by atoms with van der Waals surface area (Å²) in [6.07, 6.45) is 12.1. The molecule has 0 saturated carbocycles. The molecule has 0 spiro atoms. The molecule has 0 atom stereocenters. The highest BCUT2D eigenvalue weighted by atomic mass is 17.2. The maximum absolute atomic E-state index is 12.6. The van der Waals surface area contributed by atoms with E-state index in [1.165, 1.54) is 6.26 Å². The van der Waals surface area contributed by atoms with E-state index in [-0.39, 0.29) is 6.79 Å². The fourth-order valence-electron chi connectivity index (χ4n) is 4.18. The van der Waals surface area contributed by atoms with E-state index < -0.39 is 11.9 Å². The molecule has 10 heteroatoms. The molecule has 0 amide bonds. The number of unbranched alkanes of at least 4 members (excludes halogenated alkanes) is 6. The Balaban J connectivity index is 1.25. The summed E-state index contributed by atoms with van der Waals surface area (Å²) < 4.78 is 33.3. The molecule has 10 nitrogen and oxygen atoms in total. The highest BCUT2D eigenvalue weighted by Crippen LogP contribution is 2.22. The summed E-state index contributed by atoms with van der Waals surface area (Å²) >= 11 is 0. The van der Waals surface area contributed by atoms with Crippen molar-refractivity contribution >= 4 is 11.9 Å². The van der Waals surface area contributed by atoms with Gasteiger partial charge in [0.05, 0.1) is 32.0 Å². The number of esters is 2. The van der Waals surface area contributed by atoms with Crippen molar-refractivity contribution in [2.45, 2.75) is 58.3 Å². The van der Waals surface area contributed by atoms with Crippen LogP contribution in [0, 0.1) is 0 Å². The molecule has 0 saturated heterocycles. The lowest BCUT2D eigenvalue weighted by molar-refractivity contribution is -0.249. The molecular weight excluding hydrogens is 616 g/mol. The first-order valence-electron chi connectivity index (χ1n) is 16.3. The van der Waals surface area contributed by atoms with Crippen LogP contribution in [-0.4, -0.2) is 45.2 Å². The number of hydrogen-bond acceptors (Lipinski definition) is 10. The summed E-state index contributed by atoms with van der Waals surface area (Å²) in [5.74, 6) is 2.22. The van der Waals surface area contributed by atoms with Crippen molar-refractivity contribution in [3.05, 3.63) is 103 Å². The number of carbonyl (C=O) groups is 2. The van der Waals surface area contributed by atoms with Gasteiger partial charge in [-0.25, -0.2) is 9.59 Å². The molecule has 0 bridgehead atoms. The molecule has 3 aromatic carbocycles. The van der Waals surface area contributed by atoms with Crippen molar-refractivity contribution in [1.29, 1.82) is 0 Å². The van der Waals surface area contributed by atoms with E-state index in [2.05, 4.69) is 6.58 Å². The fraction of sp³-hybridized carbons (Fsp3) is 0.368. The zero-order valence-corrected chi connectivity index (χ0v) is 27.6. The second kappa shape index (κ2) is 23.4. The average Bonchev–Trinajstić information content (AvgIpc) is 3.11. The molecule has 0 unspecified atom stereocenters. The lowest BCUT2D eigenvalue weighted by atomic mass is 10.2. The number of allylic oxidation sites excluding steroid dienone is 1. The van der Waals surface area contributed by atoms with E-state index in [1.807, 2.05) is 31.2 Å². The number of rotatable bonds is 25. The summed E-state index contributed by atoms with van der Waals surface area (Å²) in [5.41, 5.74) is 0.412. The minimum Gasteiger partial charge on any atom is -0.494 e. The third kappa shape index (κ3) is 16.0. The molecular formula is C38H46O10. The Hall–Kier alpha value is -4.96. The Morgan fingerprint density at radius 2 is 1.04 bits per heavy atom. The average molecular weight is 663 g/mol. The van der Waals surface area contributed by atoms with Gasteiger partial charge in [-0.1, -0.05) is 13.0 Å². The lowest BCUT2D eigenvalue weighted by Crippen LogP contribution is -2.09. The highest BCUT2D eigenvalue weighted by Gasteiger charge is 2.09. The van der Waals surface area contributed by atoms with Gasteiger partial charge in [0.1, 0.15) is 35.0 Å². The van der Waals surface area contributed by atoms with Gasteiger partial charge in [-0.3, -0.25) is 0 Å². The third-order valence-corrected chi connectivity index (χ3v) is 6.77. The van der Waals surface area contributed by atoms with Gasteiger partial charge in [0.2, 0.25) is 6.79 Å². The van der Waals surface area contributed by atoms with Gasteiger partial charge in [-0.05, 0) is 131 Å². The fourth-order valence-corrected chi connectivity index (χ4v) is 4.18. The van der Waals surface area contributed by atoms with Crippen LogP contribution in [0.5, 0.6) is 28.7 Å². The van der Waals surface area contributed by atoms with E-state index in [9.17, 15) is 9.59 Å². The standard InChI is InChI=1S/C38H46O10/c1-3-25-46-47-29-12-8-7-10-27-42-33-17-19-34(20-18-33)44-30-45-35-21-23-36(24-22-35)48-38(40)31-13-15-32(16-14-31)41-26-9-5-6-11-28-43-37(39)4-2/h3-4,13-25H,2,5-12,26-30H2,1H3/b25-3+. The second-order valence-electron chi connectivity index (χ2n) is 10.5. The van der Waals surface area contributed by atoms with Gasteiger partial charge in [-0.15, -0.1) is 0 Å². The Labute approximate surface area is 283 Å². The second-order valence-corrected chi connectivity index (χ2v) is 10.5. The summed E-state index contributed by atoms with van der Waals surface area (Å²) in [6, 6.07) is 21.0. The van der Waals surface area contributed by atoms with Crippen LogP contribution < -0.4 is 23.7 Å². The van der Waals surface area contributed by atoms with E-state index in [0.29, 0.717) is 55.0 Å². The van der Waals surface area contributed by atoms with Gasteiger partial charge in [0, 0.05) is 6.08 Å². The van der Waals surface area contributed by atoms with Crippen molar-refractivity contribution in [2.24, 2.45) is 0 Å². The van der Waals surface area contributed by atoms with Crippen LogP contribution >= 0.6 is 0 Å². The molecule has 0 N–H and O–H groups in total. The molecule has 0 aliphatic carbocycles. The van der Waals surface area contributed by atoms with Crippen molar-refractivity contribution < 1.29 is 47.8 Å². The first-order valence-corrected chi connectivity index (χ1v) is 16.3. The normalized spacial score (nSPS) is 10.7. The Kier molecular flexibility index (Phi) is 18.3. The minimum absolute atomic E-state index is 0.0183. The molecule has 0 radical (unpaired) electrons. The Morgan fingerprint density at radius 1 is 0.583 bits per heavy atom. The Morgan fingerprint density at radius 3 is 1.56 bits per heavy atom. The van der Waals surface area contributed by atoms with E-state index in [4.69, 9.17) is 38.2 Å². The predicted molar refractivity (Wildman–Crippen MR) is 181 cm³/mol. The first kappa shape index (κ1) is 37.5. The molecule has 0 fully saturated rings. The molecule has 258 valence electrons. The van der Waals surface area contributed by atoms with Gasteiger partial charge < -0.3 is 33.3 Å².